The lowest BCUT2D eigenvalue weighted by molar-refractivity contribution is -0.0704. The maximum absolute atomic E-state index is 5.83. The zero-order valence-corrected chi connectivity index (χ0v) is 18.5. The molecule has 8 nitrogen and oxygen atoms in total. The van der Waals surface area contributed by atoms with E-state index in [1.165, 1.54) is 11.1 Å². The Morgan fingerprint density at radius 2 is 1.71 bits per heavy atom. The van der Waals surface area contributed by atoms with E-state index in [1.807, 2.05) is 28.8 Å². The summed E-state index contributed by atoms with van der Waals surface area (Å²) in [7, 11) is 1.77. The van der Waals surface area contributed by atoms with Gasteiger partial charge in [-0.3, -0.25) is 14.3 Å². The lowest BCUT2D eigenvalue weighted by Crippen LogP contribution is -2.44. The van der Waals surface area contributed by atoms with Crippen LogP contribution in [0.25, 0.3) is 5.65 Å². The predicted octanol–water partition coefficient (Wildman–Crippen LogP) is 2.20. The molecular formula is C23H31N7O. The van der Waals surface area contributed by atoms with Crippen LogP contribution in [-0.2, 0) is 24.4 Å². The Morgan fingerprint density at radius 1 is 1.00 bits per heavy atom. The van der Waals surface area contributed by atoms with Crippen molar-refractivity contribution < 1.29 is 4.74 Å². The van der Waals surface area contributed by atoms with E-state index in [0.717, 1.165) is 37.1 Å². The molecule has 1 fully saturated rings. The van der Waals surface area contributed by atoms with Gasteiger partial charge in [-0.15, -0.1) is 10.2 Å². The van der Waals surface area contributed by atoms with Gasteiger partial charge in [-0.2, -0.15) is 0 Å². The summed E-state index contributed by atoms with van der Waals surface area (Å²) in [4.78, 5) is 6.77. The van der Waals surface area contributed by atoms with Gasteiger partial charge >= 0.3 is 0 Å². The van der Waals surface area contributed by atoms with Gasteiger partial charge in [-0.05, 0) is 37.1 Å². The Bertz CT molecular complexity index is 1000. The number of fused-ring (bicyclic) bond motifs is 1. The fourth-order valence-corrected chi connectivity index (χ4v) is 4.01. The van der Waals surface area contributed by atoms with Gasteiger partial charge in [0.25, 0.3) is 0 Å². The SMILES string of the molecule is CN=C(NCc1ccc(CN2CC(C)OC(C)C2)cc1)NCc1nnc2ccccn12. The third-order valence-electron chi connectivity index (χ3n) is 5.41. The molecule has 164 valence electrons. The average Bonchev–Trinajstić information content (AvgIpc) is 3.17. The number of aliphatic imine (C=N–C) groups is 1. The summed E-state index contributed by atoms with van der Waals surface area (Å²) in [5.41, 5.74) is 3.37. The van der Waals surface area contributed by atoms with E-state index >= 15 is 0 Å². The lowest BCUT2D eigenvalue weighted by atomic mass is 10.1. The number of benzene rings is 1. The van der Waals surface area contributed by atoms with Crippen molar-refractivity contribution in [2.75, 3.05) is 20.1 Å². The Balaban J connectivity index is 1.27. The summed E-state index contributed by atoms with van der Waals surface area (Å²) < 4.78 is 7.79. The van der Waals surface area contributed by atoms with Gasteiger partial charge in [0, 0.05) is 39.4 Å². The number of nitrogens with zero attached hydrogens (tertiary/aromatic N) is 5. The van der Waals surface area contributed by atoms with Crippen molar-refractivity contribution in [1.29, 1.82) is 0 Å². The highest BCUT2D eigenvalue weighted by atomic mass is 16.5. The minimum Gasteiger partial charge on any atom is -0.373 e. The van der Waals surface area contributed by atoms with Crippen LogP contribution in [0.4, 0.5) is 0 Å². The first kappa shape index (κ1) is 21.3. The fourth-order valence-electron chi connectivity index (χ4n) is 4.01. The van der Waals surface area contributed by atoms with Crippen molar-refractivity contribution >= 4 is 11.6 Å². The number of morpholine rings is 1. The van der Waals surface area contributed by atoms with E-state index in [9.17, 15) is 0 Å². The second-order valence-electron chi connectivity index (χ2n) is 8.09. The van der Waals surface area contributed by atoms with E-state index in [-0.39, 0.29) is 0 Å². The van der Waals surface area contributed by atoms with E-state index in [2.05, 4.69) is 68.8 Å². The maximum atomic E-state index is 5.83. The van der Waals surface area contributed by atoms with Gasteiger partial charge in [0.1, 0.15) is 0 Å². The third kappa shape index (κ3) is 5.59. The summed E-state index contributed by atoms with van der Waals surface area (Å²) in [5.74, 6) is 1.57. The molecule has 2 unspecified atom stereocenters. The largest absolute Gasteiger partial charge is 0.373 e. The van der Waals surface area contributed by atoms with Crippen molar-refractivity contribution in [2.24, 2.45) is 4.99 Å². The van der Waals surface area contributed by atoms with Crippen LogP contribution in [0.3, 0.4) is 0 Å². The smallest absolute Gasteiger partial charge is 0.191 e. The highest BCUT2D eigenvalue weighted by Crippen LogP contribution is 2.14. The van der Waals surface area contributed by atoms with E-state index in [4.69, 9.17) is 4.74 Å². The number of ether oxygens (including phenoxy) is 1. The topological polar surface area (TPSA) is 79.1 Å². The van der Waals surface area contributed by atoms with Crippen LogP contribution in [0.2, 0.25) is 0 Å². The summed E-state index contributed by atoms with van der Waals surface area (Å²) in [6, 6.07) is 14.6. The number of rotatable bonds is 6. The molecule has 2 N–H and O–H groups in total. The van der Waals surface area contributed by atoms with Gasteiger partial charge < -0.3 is 15.4 Å². The third-order valence-corrected chi connectivity index (χ3v) is 5.41. The highest BCUT2D eigenvalue weighted by molar-refractivity contribution is 5.79. The maximum Gasteiger partial charge on any atom is 0.191 e. The number of nitrogens with one attached hydrogen (secondary N) is 2. The molecule has 0 spiro atoms. The number of aromatic nitrogens is 3. The summed E-state index contributed by atoms with van der Waals surface area (Å²) in [6.45, 7) is 8.45. The van der Waals surface area contributed by atoms with Crippen LogP contribution in [0.5, 0.6) is 0 Å². The standard InChI is InChI=1S/C23H31N7O/c1-17-14-29(15-18(2)31-17)16-20-9-7-19(8-10-20)12-25-23(24-3)26-13-22-28-27-21-6-4-5-11-30(21)22/h4-11,17-18H,12-16H2,1-3H3,(H2,24,25,26). The molecule has 1 aliphatic rings. The molecule has 2 atom stereocenters. The van der Waals surface area contributed by atoms with Crippen molar-refractivity contribution in [2.45, 2.75) is 45.7 Å². The molecule has 3 aromatic rings. The molecule has 0 aliphatic carbocycles. The average molecular weight is 422 g/mol. The molecule has 0 amide bonds. The van der Waals surface area contributed by atoms with Crippen molar-refractivity contribution in [1.82, 2.24) is 30.1 Å². The monoisotopic (exact) mass is 421 g/mol. The number of hydrogen-bond acceptors (Lipinski definition) is 5. The second kappa shape index (κ2) is 9.89. The van der Waals surface area contributed by atoms with Crippen LogP contribution in [0, 0.1) is 0 Å². The Morgan fingerprint density at radius 3 is 2.45 bits per heavy atom. The lowest BCUT2D eigenvalue weighted by Gasteiger charge is -2.35. The van der Waals surface area contributed by atoms with Gasteiger partial charge in [-0.25, -0.2) is 0 Å². The van der Waals surface area contributed by atoms with Crippen molar-refractivity contribution in [3.05, 3.63) is 65.6 Å². The fraction of sp³-hybridized carbons (Fsp3) is 0.435. The molecule has 3 heterocycles. The van der Waals surface area contributed by atoms with Gasteiger partial charge in [-0.1, -0.05) is 30.3 Å². The first-order chi connectivity index (χ1) is 15.1. The number of hydrogen-bond donors (Lipinski definition) is 2. The molecule has 1 aliphatic heterocycles. The second-order valence-corrected chi connectivity index (χ2v) is 8.09. The van der Waals surface area contributed by atoms with Crippen LogP contribution < -0.4 is 10.6 Å². The Labute approximate surface area is 183 Å². The minimum atomic E-state index is 0.294. The number of guanidine groups is 1. The molecule has 0 bridgehead atoms. The van der Waals surface area contributed by atoms with Crippen molar-refractivity contribution in [3.63, 3.8) is 0 Å². The molecule has 4 rings (SSSR count). The normalized spacial score (nSPS) is 20.2. The minimum absolute atomic E-state index is 0.294. The molecule has 0 saturated carbocycles. The van der Waals surface area contributed by atoms with Crippen molar-refractivity contribution in [3.8, 4) is 0 Å². The molecule has 1 saturated heterocycles. The van der Waals surface area contributed by atoms with Crippen LogP contribution in [-0.4, -0.2) is 57.8 Å². The van der Waals surface area contributed by atoms with Gasteiger partial charge in [0.05, 0.1) is 18.8 Å². The quantitative estimate of drug-likeness (QED) is 0.469. The highest BCUT2D eigenvalue weighted by Gasteiger charge is 2.21. The van der Waals surface area contributed by atoms with Crippen LogP contribution in [0.15, 0.2) is 53.7 Å². The zero-order chi connectivity index (χ0) is 21.6. The van der Waals surface area contributed by atoms with E-state index < -0.39 is 0 Å². The van der Waals surface area contributed by atoms with Crippen LogP contribution in [0.1, 0.15) is 30.8 Å². The zero-order valence-electron chi connectivity index (χ0n) is 18.5. The first-order valence-corrected chi connectivity index (χ1v) is 10.8. The van der Waals surface area contributed by atoms with E-state index in [0.29, 0.717) is 25.3 Å². The molecule has 1 aromatic carbocycles. The summed E-state index contributed by atoms with van der Waals surface area (Å²) >= 11 is 0. The predicted molar refractivity (Wildman–Crippen MR) is 122 cm³/mol. The number of pyridine rings is 1. The van der Waals surface area contributed by atoms with Gasteiger partial charge in [0.2, 0.25) is 0 Å². The van der Waals surface area contributed by atoms with E-state index in [1.54, 1.807) is 7.05 Å². The van der Waals surface area contributed by atoms with Crippen LogP contribution >= 0.6 is 0 Å². The first-order valence-electron chi connectivity index (χ1n) is 10.8. The molecular weight excluding hydrogens is 390 g/mol. The summed E-state index contributed by atoms with van der Waals surface area (Å²) in [6.07, 6.45) is 2.55. The molecule has 8 heteroatoms. The van der Waals surface area contributed by atoms with Gasteiger partial charge in [0.15, 0.2) is 17.4 Å². The molecule has 0 radical (unpaired) electrons. The molecule has 2 aromatic heterocycles. The molecule has 31 heavy (non-hydrogen) atoms. The summed E-state index contributed by atoms with van der Waals surface area (Å²) in [5, 5.41) is 15.1. The Kier molecular flexibility index (Phi) is 6.79. The Hall–Kier alpha value is -2.97.